The van der Waals surface area contributed by atoms with Crippen molar-refractivity contribution in [3.05, 3.63) is 0 Å². The van der Waals surface area contributed by atoms with Crippen molar-refractivity contribution in [3.8, 4) is 0 Å². The minimum absolute atomic E-state index is 0.0240. The van der Waals surface area contributed by atoms with Crippen LogP contribution in [0.5, 0.6) is 0 Å². The molecule has 0 radical (unpaired) electrons. The number of thioether (sulfide) groups is 1. The highest BCUT2D eigenvalue weighted by atomic mass is 32.2. The van der Waals surface area contributed by atoms with Crippen molar-refractivity contribution in [1.29, 1.82) is 0 Å². The first-order valence-corrected chi connectivity index (χ1v) is 14.3. The maximum absolute atomic E-state index is 14.1. The Morgan fingerprint density at radius 3 is 2.40 bits per heavy atom. The van der Waals surface area contributed by atoms with Crippen LogP contribution in [0.2, 0.25) is 0 Å². The van der Waals surface area contributed by atoms with E-state index in [1.54, 1.807) is 16.7 Å². The molecule has 35 heavy (non-hydrogen) atoms. The predicted molar refractivity (Wildman–Crippen MR) is 141 cm³/mol. The molecule has 3 fully saturated rings. The van der Waals surface area contributed by atoms with Crippen LogP contribution in [0.4, 0.5) is 0 Å². The molecule has 3 N–H and O–H groups in total. The normalized spacial score (nSPS) is 31.9. The van der Waals surface area contributed by atoms with Gasteiger partial charge in [-0.05, 0) is 50.9 Å². The number of hydrogen-bond acceptors (Lipinski definition) is 5. The number of likely N-dealkylation sites (tertiary alicyclic amines) is 1. The summed E-state index contributed by atoms with van der Waals surface area (Å²) in [5.74, 6) is -1.27. The van der Waals surface area contributed by atoms with Crippen molar-refractivity contribution in [1.82, 2.24) is 15.5 Å². The van der Waals surface area contributed by atoms with Gasteiger partial charge in [0, 0.05) is 17.3 Å². The van der Waals surface area contributed by atoms with Crippen molar-refractivity contribution >= 4 is 29.5 Å². The van der Waals surface area contributed by atoms with Gasteiger partial charge in [-0.2, -0.15) is 0 Å². The zero-order valence-corrected chi connectivity index (χ0v) is 23.8. The second-order valence-electron chi connectivity index (χ2n) is 12.8. The largest absolute Gasteiger partial charge is 0.394 e. The number of aliphatic hydroxyl groups excluding tert-OH is 1. The Kier molecular flexibility index (Phi) is 8.27. The summed E-state index contributed by atoms with van der Waals surface area (Å²) in [6.45, 7) is 17.0. The standard InChI is InChI=1S/C27H47N3O4S/c1-9-13-28-22(32)19-18-11-12-27(35-18)20(19)24(34)30(17(14-31)16(3)10-2)21(27)23(33)29-26(7,8)15-25(4,5)6/h16-21,31H,9-15H2,1-8H3,(H,28,32)(H,29,33)/t16-,17-,18-,19+,20-,21?,27?/m0/s1. The van der Waals surface area contributed by atoms with Gasteiger partial charge < -0.3 is 20.6 Å². The average molecular weight is 510 g/mol. The first kappa shape index (κ1) is 28.3. The van der Waals surface area contributed by atoms with Gasteiger partial charge in [-0.25, -0.2) is 0 Å². The van der Waals surface area contributed by atoms with Gasteiger partial charge >= 0.3 is 0 Å². The molecule has 200 valence electrons. The summed E-state index contributed by atoms with van der Waals surface area (Å²) in [6.07, 6.45) is 3.97. The van der Waals surface area contributed by atoms with Crippen LogP contribution in [0.3, 0.4) is 0 Å². The van der Waals surface area contributed by atoms with E-state index in [0.29, 0.717) is 6.54 Å². The fourth-order valence-electron chi connectivity index (χ4n) is 7.00. The summed E-state index contributed by atoms with van der Waals surface area (Å²) in [5, 5.41) is 16.8. The number of carbonyl (C=O) groups is 3. The number of fused-ring (bicyclic) bond motifs is 1. The molecule has 3 aliphatic heterocycles. The van der Waals surface area contributed by atoms with Crippen LogP contribution in [-0.4, -0.2) is 68.5 Å². The number of nitrogens with one attached hydrogen (secondary N) is 2. The first-order valence-electron chi connectivity index (χ1n) is 13.4. The van der Waals surface area contributed by atoms with E-state index in [1.165, 1.54) is 0 Å². The summed E-state index contributed by atoms with van der Waals surface area (Å²) >= 11 is 1.68. The van der Waals surface area contributed by atoms with Crippen LogP contribution in [0.15, 0.2) is 0 Å². The van der Waals surface area contributed by atoms with Gasteiger partial charge in [-0.15, -0.1) is 11.8 Å². The van der Waals surface area contributed by atoms with Crippen LogP contribution < -0.4 is 10.6 Å². The monoisotopic (exact) mass is 509 g/mol. The summed E-state index contributed by atoms with van der Waals surface area (Å²) in [7, 11) is 0. The molecule has 3 heterocycles. The lowest BCUT2D eigenvalue weighted by Crippen LogP contribution is -2.61. The van der Waals surface area contributed by atoms with Crippen LogP contribution in [0.25, 0.3) is 0 Å². The molecular weight excluding hydrogens is 462 g/mol. The second-order valence-corrected chi connectivity index (χ2v) is 14.4. The number of rotatable bonds is 10. The Hall–Kier alpha value is -1.28. The molecule has 0 aromatic heterocycles. The van der Waals surface area contributed by atoms with Crippen molar-refractivity contribution in [2.24, 2.45) is 23.2 Å². The van der Waals surface area contributed by atoms with Crippen molar-refractivity contribution in [2.45, 2.75) is 115 Å². The highest BCUT2D eigenvalue weighted by molar-refractivity contribution is 8.02. The minimum atomic E-state index is -0.690. The number of carbonyl (C=O) groups excluding carboxylic acids is 3. The Morgan fingerprint density at radius 1 is 1.20 bits per heavy atom. The molecule has 2 unspecified atom stereocenters. The van der Waals surface area contributed by atoms with E-state index in [2.05, 4.69) is 31.4 Å². The highest BCUT2D eigenvalue weighted by Gasteiger charge is 2.74. The molecule has 0 saturated carbocycles. The van der Waals surface area contributed by atoms with Gasteiger partial charge in [0.15, 0.2) is 0 Å². The molecule has 0 aromatic carbocycles. The topological polar surface area (TPSA) is 98.7 Å². The fourth-order valence-corrected chi connectivity index (χ4v) is 9.21. The van der Waals surface area contributed by atoms with Crippen LogP contribution in [0, 0.1) is 23.2 Å². The van der Waals surface area contributed by atoms with E-state index in [1.807, 2.05) is 34.6 Å². The molecule has 2 bridgehead atoms. The first-order chi connectivity index (χ1) is 16.2. The predicted octanol–water partition coefficient (Wildman–Crippen LogP) is 3.34. The number of hydrogen-bond donors (Lipinski definition) is 3. The lowest BCUT2D eigenvalue weighted by Gasteiger charge is -2.41. The summed E-state index contributed by atoms with van der Waals surface area (Å²) in [6, 6.07) is -1.14. The van der Waals surface area contributed by atoms with Gasteiger partial charge in [0.05, 0.1) is 29.2 Å². The fraction of sp³-hybridized carbons (Fsp3) is 0.889. The molecule has 3 amide bonds. The average Bonchev–Trinajstić information content (AvgIpc) is 3.38. The maximum Gasteiger partial charge on any atom is 0.244 e. The third kappa shape index (κ3) is 5.25. The van der Waals surface area contributed by atoms with E-state index >= 15 is 0 Å². The Labute approximate surface area is 215 Å². The molecule has 8 heteroatoms. The molecule has 7 nitrogen and oxygen atoms in total. The third-order valence-electron chi connectivity index (χ3n) is 8.12. The van der Waals surface area contributed by atoms with E-state index in [-0.39, 0.29) is 40.9 Å². The number of aliphatic hydroxyl groups is 1. The number of amides is 3. The smallest absolute Gasteiger partial charge is 0.244 e. The van der Waals surface area contributed by atoms with E-state index < -0.39 is 34.2 Å². The molecule has 0 aliphatic carbocycles. The minimum Gasteiger partial charge on any atom is -0.394 e. The third-order valence-corrected chi connectivity index (χ3v) is 10.1. The SMILES string of the molecule is CCCNC(=O)[C@@H]1[C@@H]2CCC3(S2)C(C(=O)NC(C)(C)CC(C)(C)C)N([C@@H](CO)[C@@H](C)CC)C(=O)[C@H]13. The van der Waals surface area contributed by atoms with Crippen LogP contribution >= 0.6 is 11.8 Å². The summed E-state index contributed by atoms with van der Waals surface area (Å²) in [5.41, 5.74) is -0.431. The lowest BCUT2D eigenvalue weighted by atomic mass is 9.70. The Balaban J connectivity index is 2.03. The highest BCUT2D eigenvalue weighted by Crippen LogP contribution is 2.66. The van der Waals surface area contributed by atoms with Gasteiger partial charge in [0.25, 0.3) is 0 Å². The van der Waals surface area contributed by atoms with E-state index in [4.69, 9.17) is 0 Å². The zero-order valence-electron chi connectivity index (χ0n) is 22.9. The van der Waals surface area contributed by atoms with Gasteiger partial charge in [0.2, 0.25) is 17.7 Å². The summed E-state index contributed by atoms with van der Waals surface area (Å²) in [4.78, 5) is 43.2. The molecular formula is C27H47N3O4S. The zero-order chi connectivity index (χ0) is 26.3. The molecule has 0 aromatic rings. The van der Waals surface area contributed by atoms with Crippen molar-refractivity contribution in [2.75, 3.05) is 13.2 Å². The quantitative estimate of drug-likeness (QED) is 0.420. The van der Waals surface area contributed by atoms with Gasteiger partial charge in [0.1, 0.15) is 6.04 Å². The molecule has 1 spiro atoms. The molecule has 7 atom stereocenters. The number of nitrogens with zero attached hydrogens (tertiary/aromatic N) is 1. The maximum atomic E-state index is 14.1. The molecule has 3 rings (SSSR count). The Bertz CT molecular complexity index is 826. The molecule has 3 saturated heterocycles. The van der Waals surface area contributed by atoms with Gasteiger partial charge in [-0.3, -0.25) is 14.4 Å². The van der Waals surface area contributed by atoms with Gasteiger partial charge in [-0.1, -0.05) is 48.0 Å². The van der Waals surface area contributed by atoms with Crippen molar-refractivity contribution < 1.29 is 19.5 Å². The molecule has 3 aliphatic rings. The lowest BCUT2D eigenvalue weighted by molar-refractivity contribution is -0.144. The van der Waals surface area contributed by atoms with Crippen LogP contribution in [-0.2, 0) is 14.4 Å². The van der Waals surface area contributed by atoms with E-state index in [0.717, 1.165) is 32.1 Å². The van der Waals surface area contributed by atoms with Crippen molar-refractivity contribution in [3.63, 3.8) is 0 Å². The second kappa shape index (κ2) is 10.2. The Morgan fingerprint density at radius 2 is 1.86 bits per heavy atom. The summed E-state index contributed by atoms with van der Waals surface area (Å²) < 4.78 is -0.626. The van der Waals surface area contributed by atoms with Crippen LogP contribution in [0.1, 0.15) is 87.5 Å². The van der Waals surface area contributed by atoms with E-state index in [9.17, 15) is 19.5 Å².